The summed E-state index contributed by atoms with van der Waals surface area (Å²) < 4.78 is 10.8. The molecule has 1 aliphatic heterocycles. The van der Waals surface area contributed by atoms with Gasteiger partial charge < -0.3 is 24.5 Å². The van der Waals surface area contributed by atoms with Gasteiger partial charge in [0.2, 0.25) is 0 Å². The van der Waals surface area contributed by atoms with Crippen molar-refractivity contribution in [2.45, 2.75) is 50.9 Å². The average Bonchev–Trinajstić information content (AvgIpc) is 3.20. The van der Waals surface area contributed by atoms with E-state index >= 15 is 0 Å². The number of hydrogen-bond acceptors (Lipinski definition) is 6. The summed E-state index contributed by atoms with van der Waals surface area (Å²) in [4.78, 5) is 13.0. The Morgan fingerprint density at radius 3 is 2.80 bits per heavy atom. The van der Waals surface area contributed by atoms with Crippen molar-refractivity contribution < 1.29 is 29.3 Å². The highest BCUT2D eigenvalue weighted by molar-refractivity contribution is 5.81. The van der Waals surface area contributed by atoms with Gasteiger partial charge in [-0.1, -0.05) is 6.92 Å². The highest BCUT2D eigenvalue weighted by atomic mass is 16.6. The third-order valence-corrected chi connectivity index (χ3v) is 6.47. The molecule has 2 aliphatic carbocycles. The number of cyclic esters (lactones) is 1. The van der Waals surface area contributed by atoms with Gasteiger partial charge >= 0.3 is 5.97 Å². The molecule has 1 saturated carbocycles. The SMILES string of the molecule is C[C@@H]1C[C@H](O)C2=C(CO)C[C@H](O)C[C@@H]2[C@@]12CC(c1ccoc1)OC2=O. The normalized spacial score (nSPS) is 41.1. The first-order valence-electron chi connectivity index (χ1n) is 8.89. The highest BCUT2D eigenvalue weighted by Crippen LogP contribution is 2.60. The van der Waals surface area contributed by atoms with Crippen LogP contribution >= 0.6 is 0 Å². The standard InChI is InChI=1S/C19H24O6/c1-10-4-15(22)17-12(8-20)5-13(21)6-14(17)19(10)7-16(25-18(19)23)11-2-3-24-9-11/h2-3,9-10,13-16,20-22H,4-8H2,1H3/t10-,13+,14+,15+,16?,19-/m1/s1. The Labute approximate surface area is 146 Å². The number of hydrogen-bond donors (Lipinski definition) is 3. The number of furan rings is 1. The smallest absolute Gasteiger partial charge is 0.313 e. The van der Waals surface area contributed by atoms with Crippen LogP contribution < -0.4 is 0 Å². The molecule has 0 radical (unpaired) electrons. The molecule has 0 amide bonds. The van der Waals surface area contributed by atoms with Gasteiger partial charge in [0.15, 0.2) is 0 Å². The van der Waals surface area contributed by atoms with Gasteiger partial charge in [0.05, 0.1) is 36.8 Å². The second kappa shape index (κ2) is 5.97. The van der Waals surface area contributed by atoms with Gasteiger partial charge in [0, 0.05) is 17.9 Å². The molecule has 2 fully saturated rings. The number of carbonyl (C=O) groups is 1. The Bertz CT molecular complexity index is 693. The van der Waals surface area contributed by atoms with Crippen LogP contribution in [-0.2, 0) is 9.53 Å². The van der Waals surface area contributed by atoms with E-state index in [4.69, 9.17) is 9.15 Å². The van der Waals surface area contributed by atoms with E-state index < -0.39 is 17.6 Å². The molecule has 6 atom stereocenters. The summed E-state index contributed by atoms with van der Waals surface area (Å²) in [6, 6.07) is 1.80. The molecular weight excluding hydrogens is 324 g/mol. The molecule has 0 aromatic carbocycles. The first-order valence-corrected chi connectivity index (χ1v) is 8.89. The maximum Gasteiger partial charge on any atom is 0.313 e. The van der Waals surface area contributed by atoms with Gasteiger partial charge in [-0.3, -0.25) is 4.79 Å². The van der Waals surface area contributed by atoms with E-state index in [0.29, 0.717) is 31.3 Å². The molecule has 6 heteroatoms. The van der Waals surface area contributed by atoms with Gasteiger partial charge in [0.25, 0.3) is 0 Å². The number of ether oxygens (including phenoxy) is 1. The molecule has 1 saturated heterocycles. The van der Waals surface area contributed by atoms with Crippen LogP contribution in [0.1, 0.15) is 44.3 Å². The Kier molecular flexibility index (Phi) is 4.02. The summed E-state index contributed by atoms with van der Waals surface area (Å²) in [5, 5.41) is 30.7. The van der Waals surface area contributed by atoms with Gasteiger partial charge in [0.1, 0.15) is 6.10 Å². The molecule has 3 N–H and O–H groups in total. The van der Waals surface area contributed by atoms with Crippen molar-refractivity contribution in [2.75, 3.05) is 6.61 Å². The maximum atomic E-state index is 13.0. The average molecular weight is 348 g/mol. The van der Waals surface area contributed by atoms with E-state index in [1.54, 1.807) is 18.6 Å². The second-order valence-electron chi connectivity index (χ2n) is 7.71. The van der Waals surface area contributed by atoms with Crippen LogP contribution in [0.25, 0.3) is 0 Å². The van der Waals surface area contributed by atoms with E-state index in [-0.39, 0.29) is 30.5 Å². The second-order valence-corrected chi connectivity index (χ2v) is 7.71. The third-order valence-electron chi connectivity index (χ3n) is 6.47. The summed E-state index contributed by atoms with van der Waals surface area (Å²) in [6.07, 6.45) is 3.19. The minimum atomic E-state index is -0.779. The third kappa shape index (κ3) is 2.39. The van der Waals surface area contributed by atoms with Crippen molar-refractivity contribution in [3.05, 3.63) is 35.3 Å². The molecule has 2 heterocycles. The minimum absolute atomic E-state index is 0.0779. The molecule has 25 heavy (non-hydrogen) atoms. The zero-order chi connectivity index (χ0) is 17.8. The van der Waals surface area contributed by atoms with Crippen LogP contribution in [0.4, 0.5) is 0 Å². The topological polar surface area (TPSA) is 100 Å². The molecular formula is C19H24O6. The number of fused-ring (bicyclic) bond motifs is 2. The van der Waals surface area contributed by atoms with Crippen molar-refractivity contribution in [1.29, 1.82) is 0 Å². The summed E-state index contributed by atoms with van der Waals surface area (Å²) in [7, 11) is 0. The fraction of sp³-hybridized carbons (Fsp3) is 0.632. The van der Waals surface area contributed by atoms with Crippen molar-refractivity contribution in [3.8, 4) is 0 Å². The van der Waals surface area contributed by atoms with Crippen LogP contribution in [0.5, 0.6) is 0 Å². The lowest BCUT2D eigenvalue weighted by molar-refractivity contribution is -0.157. The van der Waals surface area contributed by atoms with Crippen LogP contribution in [0.2, 0.25) is 0 Å². The molecule has 3 aliphatic rings. The van der Waals surface area contributed by atoms with Gasteiger partial charge in [-0.25, -0.2) is 0 Å². The molecule has 1 spiro atoms. The zero-order valence-electron chi connectivity index (χ0n) is 14.2. The van der Waals surface area contributed by atoms with E-state index in [1.807, 2.05) is 6.92 Å². The molecule has 1 aromatic heterocycles. The monoisotopic (exact) mass is 348 g/mol. The quantitative estimate of drug-likeness (QED) is 0.556. The summed E-state index contributed by atoms with van der Waals surface area (Å²) >= 11 is 0. The highest BCUT2D eigenvalue weighted by Gasteiger charge is 2.62. The predicted molar refractivity (Wildman–Crippen MR) is 87.2 cm³/mol. The molecule has 6 nitrogen and oxygen atoms in total. The number of aliphatic hydroxyl groups excluding tert-OH is 3. The lowest BCUT2D eigenvalue weighted by Crippen LogP contribution is -2.52. The van der Waals surface area contributed by atoms with E-state index in [9.17, 15) is 20.1 Å². The Hall–Kier alpha value is -1.63. The fourth-order valence-corrected chi connectivity index (χ4v) is 5.26. The predicted octanol–water partition coefficient (Wildman–Crippen LogP) is 1.71. The first kappa shape index (κ1) is 16.8. The maximum absolute atomic E-state index is 13.0. The van der Waals surface area contributed by atoms with Crippen molar-refractivity contribution >= 4 is 5.97 Å². The van der Waals surface area contributed by atoms with Crippen LogP contribution in [-0.4, -0.2) is 40.1 Å². The Morgan fingerprint density at radius 1 is 1.32 bits per heavy atom. The van der Waals surface area contributed by atoms with Crippen molar-refractivity contribution in [3.63, 3.8) is 0 Å². The van der Waals surface area contributed by atoms with Crippen molar-refractivity contribution in [1.82, 2.24) is 0 Å². The molecule has 0 bridgehead atoms. The molecule has 4 rings (SSSR count). The summed E-state index contributed by atoms with van der Waals surface area (Å²) in [5.74, 6) is -0.653. The van der Waals surface area contributed by atoms with Crippen molar-refractivity contribution in [2.24, 2.45) is 17.3 Å². The molecule has 1 aromatic rings. The number of aliphatic hydroxyl groups is 3. The number of esters is 1. The summed E-state index contributed by atoms with van der Waals surface area (Å²) in [6.45, 7) is 1.77. The van der Waals surface area contributed by atoms with Crippen LogP contribution in [0, 0.1) is 17.3 Å². The van der Waals surface area contributed by atoms with Gasteiger partial charge in [-0.05, 0) is 42.4 Å². The van der Waals surface area contributed by atoms with Crippen LogP contribution in [0.15, 0.2) is 34.2 Å². The molecule has 136 valence electrons. The lowest BCUT2D eigenvalue weighted by Gasteiger charge is -2.50. The molecule has 1 unspecified atom stereocenters. The van der Waals surface area contributed by atoms with E-state index in [0.717, 1.165) is 11.1 Å². The van der Waals surface area contributed by atoms with Gasteiger partial charge in [-0.2, -0.15) is 0 Å². The largest absolute Gasteiger partial charge is 0.472 e. The fourth-order valence-electron chi connectivity index (χ4n) is 5.26. The number of rotatable bonds is 2. The van der Waals surface area contributed by atoms with Gasteiger partial charge in [-0.15, -0.1) is 0 Å². The van der Waals surface area contributed by atoms with E-state index in [1.165, 1.54) is 0 Å². The Balaban J connectivity index is 1.78. The first-order chi connectivity index (χ1) is 12.0. The minimum Gasteiger partial charge on any atom is -0.472 e. The Morgan fingerprint density at radius 2 is 2.12 bits per heavy atom. The lowest BCUT2D eigenvalue weighted by atomic mass is 9.53. The van der Waals surface area contributed by atoms with Crippen LogP contribution in [0.3, 0.4) is 0 Å². The number of carbonyl (C=O) groups excluding carboxylic acids is 1. The zero-order valence-corrected chi connectivity index (χ0v) is 14.2. The summed E-state index contributed by atoms with van der Waals surface area (Å²) in [5.41, 5.74) is 1.46. The van der Waals surface area contributed by atoms with E-state index in [2.05, 4.69) is 0 Å².